The number of fused-ring (bicyclic) bond motifs is 3. The van der Waals surface area contributed by atoms with Crippen molar-refractivity contribution in [2.24, 2.45) is 5.73 Å². The van der Waals surface area contributed by atoms with Crippen molar-refractivity contribution in [2.45, 2.75) is 24.8 Å². The van der Waals surface area contributed by atoms with Crippen LogP contribution in [0.5, 0.6) is 0 Å². The predicted molar refractivity (Wildman–Crippen MR) is 128 cm³/mol. The topological polar surface area (TPSA) is 110 Å². The number of nitrogens with two attached hydrogens (primary N) is 1. The van der Waals surface area contributed by atoms with E-state index in [0.29, 0.717) is 11.1 Å². The normalized spacial score (nSPS) is 13.0. The highest BCUT2D eigenvalue weighted by Crippen LogP contribution is 2.44. The molecule has 3 aromatic rings. The Kier molecular flexibility index (Phi) is 6.63. The van der Waals surface area contributed by atoms with E-state index < -0.39 is 24.0 Å². The monoisotopic (exact) mass is 458 g/mol. The van der Waals surface area contributed by atoms with E-state index in [4.69, 9.17) is 10.5 Å². The van der Waals surface area contributed by atoms with E-state index in [2.05, 4.69) is 0 Å². The van der Waals surface area contributed by atoms with E-state index in [-0.39, 0.29) is 25.4 Å². The smallest absolute Gasteiger partial charge is 0.410 e. The Morgan fingerprint density at radius 2 is 1.50 bits per heavy atom. The predicted octanol–water partition coefficient (Wildman–Crippen LogP) is 4.05. The Morgan fingerprint density at radius 3 is 2.09 bits per heavy atom. The Labute approximate surface area is 197 Å². The van der Waals surface area contributed by atoms with Gasteiger partial charge in [0.15, 0.2) is 0 Å². The zero-order valence-electron chi connectivity index (χ0n) is 18.8. The van der Waals surface area contributed by atoms with Crippen molar-refractivity contribution in [2.75, 3.05) is 13.7 Å². The third-order valence-electron chi connectivity index (χ3n) is 6.35. The van der Waals surface area contributed by atoms with Crippen LogP contribution in [0, 0.1) is 0 Å². The number of hydrogen-bond acceptors (Lipinski definition) is 4. The van der Waals surface area contributed by atoms with Crippen LogP contribution in [-0.4, -0.2) is 47.7 Å². The van der Waals surface area contributed by atoms with E-state index in [9.17, 15) is 19.5 Å². The lowest BCUT2D eigenvalue weighted by Gasteiger charge is -2.25. The first-order valence-electron chi connectivity index (χ1n) is 11.1. The third-order valence-corrected chi connectivity index (χ3v) is 6.35. The van der Waals surface area contributed by atoms with Crippen LogP contribution in [0.15, 0.2) is 72.8 Å². The van der Waals surface area contributed by atoms with Crippen LogP contribution in [0.25, 0.3) is 11.1 Å². The van der Waals surface area contributed by atoms with Crippen molar-refractivity contribution in [3.8, 4) is 11.1 Å². The van der Waals surface area contributed by atoms with Gasteiger partial charge in [-0.3, -0.25) is 9.69 Å². The molecule has 1 aliphatic rings. The molecule has 7 heteroatoms. The largest absolute Gasteiger partial charge is 0.480 e. The molecule has 0 saturated heterocycles. The second-order valence-corrected chi connectivity index (χ2v) is 8.33. The quantitative estimate of drug-likeness (QED) is 0.529. The van der Waals surface area contributed by atoms with Gasteiger partial charge in [-0.1, -0.05) is 66.7 Å². The number of ether oxygens (including phenoxy) is 1. The average Bonchev–Trinajstić information content (AvgIpc) is 3.16. The molecule has 0 unspecified atom stereocenters. The van der Waals surface area contributed by atoms with E-state index in [1.54, 1.807) is 24.3 Å². The average molecular weight is 459 g/mol. The molecule has 4 rings (SSSR count). The van der Waals surface area contributed by atoms with Crippen molar-refractivity contribution in [3.63, 3.8) is 0 Å². The maximum absolute atomic E-state index is 12.8. The first-order valence-corrected chi connectivity index (χ1v) is 11.1. The molecule has 2 amide bonds. The van der Waals surface area contributed by atoms with E-state index in [0.717, 1.165) is 27.2 Å². The molecule has 0 heterocycles. The maximum Gasteiger partial charge on any atom is 0.410 e. The van der Waals surface area contributed by atoms with Gasteiger partial charge in [0.2, 0.25) is 5.91 Å². The van der Waals surface area contributed by atoms with Gasteiger partial charge < -0.3 is 15.6 Å². The van der Waals surface area contributed by atoms with Crippen molar-refractivity contribution >= 4 is 18.0 Å². The number of amides is 2. The van der Waals surface area contributed by atoms with Crippen molar-refractivity contribution < 1.29 is 24.2 Å². The summed E-state index contributed by atoms with van der Waals surface area (Å²) < 4.78 is 5.60. The van der Waals surface area contributed by atoms with Gasteiger partial charge in [-0.15, -0.1) is 0 Å². The molecule has 1 atom stereocenters. The fourth-order valence-corrected chi connectivity index (χ4v) is 4.58. The summed E-state index contributed by atoms with van der Waals surface area (Å²) in [5, 5.41) is 9.75. The highest BCUT2D eigenvalue weighted by Gasteiger charge is 2.32. The number of likely N-dealkylation sites (N-methyl/N-ethyl adjacent to an activating group) is 1. The van der Waals surface area contributed by atoms with Gasteiger partial charge in [-0.25, -0.2) is 9.59 Å². The molecule has 1 aliphatic carbocycles. The number of carboxylic acids is 1. The second-order valence-electron chi connectivity index (χ2n) is 8.33. The Balaban J connectivity index is 1.44. The van der Waals surface area contributed by atoms with Crippen molar-refractivity contribution in [1.29, 1.82) is 0 Å². The second kappa shape index (κ2) is 9.79. The molecule has 0 radical (unpaired) electrons. The number of primary amides is 1. The standard InChI is InChI=1S/C27H26N2O5/c1-29(24(26(31)32)15-14-17-8-2-3-9-18(17)25(28)30)27(33)34-16-23-21-12-6-4-10-19(21)20-11-5-7-13-22(20)23/h2-13,23-24H,14-16H2,1H3,(H2,28,30)(H,31,32)/t24-/m0/s1. The summed E-state index contributed by atoms with van der Waals surface area (Å²) in [7, 11) is 1.41. The van der Waals surface area contributed by atoms with Gasteiger partial charge in [0.05, 0.1) is 0 Å². The molecule has 7 nitrogen and oxygen atoms in total. The van der Waals surface area contributed by atoms with E-state index in [1.165, 1.54) is 7.05 Å². The summed E-state index contributed by atoms with van der Waals surface area (Å²) in [6, 6.07) is 21.7. The minimum absolute atomic E-state index is 0.105. The third kappa shape index (κ3) is 4.50. The number of benzene rings is 3. The lowest BCUT2D eigenvalue weighted by atomic mass is 9.98. The van der Waals surface area contributed by atoms with Crippen LogP contribution in [0.1, 0.15) is 39.4 Å². The Hall–Kier alpha value is -4.13. The van der Waals surface area contributed by atoms with Crippen LogP contribution in [0.2, 0.25) is 0 Å². The highest BCUT2D eigenvalue weighted by atomic mass is 16.6. The lowest BCUT2D eigenvalue weighted by Crippen LogP contribution is -2.43. The SMILES string of the molecule is CN(C(=O)OCC1c2ccccc2-c2ccccc21)[C@@H](CCc1ccccc1C(N)=O)C(=O)O. The molecular weight excluding hydrogens is 432 g/mol. The summed E-state index contributed by atoms with van der Waals surface area (Å²) in [6.07, 6.45) is -0.324. The molecule has 0 aliphatic heterocycles. The number of carboxylic acid groups (broad SMARTS) is 1. The number of carbonyl (C=O) groups is 3. The molecule has 34 heavy (non-hydrogen) atoms. The zero-order chi connectivity index (χ0) is 24.2. The highest BCUT2D eigenvalue weighted by molar-refractivity contribution is 5.94. The number of aliphatic carboxylic acids is 1. The Bertz CT molecular complexity index is 1190. The minimum atomic E-state index is -1.15. The van der Waals surface area contributed by atoms with Gasteiger partial charge in [-0.05, 0) is 46.7 Å². The molecule has 0 fully saturated rings. The summed E-state index contributed by atoms with van der Waals surface area (Å²) >= 11 is 0. The van der Waals surface area contributed by atoms with Gasteiger partial charge in [-0.2, -0.15) is 0 Å². The summed E-state index contributed by atoms with van der Waals surface area (Å²) in [4.78, 5) is 37.5. The van der Waals surface area contributed by atoms with Gasteiger partial charge >= 0.3 is 12.1 Å². The number of carbonyl (C=O) groups excluding carboxylic acids is 2. The van der Waals surface area contributed by atoms with Crippen LogP contribution in [-0.2, 0) is 16.0 Å². The van der Waals surface area contributed by atoms with E-state index >= 15 is 0 Å². The van der Waals surface area contributed by atoms with Crippen molar-refractivity contribution in [3.05, 3.63) is 95.1 Å². The summed E-state index contributed by atoms with van der Waals surface area (Å²) in [5.74, 6) is -1.84. The molecule has 0 spiro atoms. The number of hydrogen-bond donors (Lipinski definition) is 2. The van der Waals surface area contributed by atoms with E-state index in [1.807, 2.05) is 48.5 Å². The lowest BCUT2D eigenvalue weighted by molar-refractivity contribution is -0.142. The first-order chi connectivity index (χ1) is 16.4. The number of nitrogens with zero attached hydrogens (tertiary/aromatic N) is 1. The van der Waals surface area contributed by atoms with Crippen LogP contribution >= 0.6 is 0 Å². The van der Waals surface area contributed by atoms with Crippen LogP contribution in [0.4, 0.5) is 4.79 Å². The summed E-state index contributed by atoms with van der Waals surface area (Å²) in [6.45, 7) is 0.105. The number of rotatable bonds is 8. The number of aryl methyl sites for hydroxylation is 1. The fourth-order valence-electron chi connectivity index (χ4n) is 4.58. The summed E-state index contributed by atoms with van der Waals surface area (Å²) in [5.41, 5.74) is 10.8. The maximum atomic E-state index is 12.8. The van der Waals surface area contributed by atoms with Crippen molar-refractivity contribution in [1.82, 2.24) is 4.90 Å². The molecule has 3 aromatic carbocycles. The van der Waals surface area contributed by atoms with Crippen LogP contribution in [0.3, 0.4) is 0 Å². The molecular formula is C27H26N2O5. The van der Waals surface area contributed by atoms with Gasteiger partial charge in [0.1, 0.15) is 12.6 Å². The Morgan fingerprint density at radius 1 is 0.941 bits per heavy atom. The van der Waals surface area contributed by atoms with Crippen LogP contribution < -0.4 is 5.73 Å². The zero-order valence-corrected chi connectivity index (χ0v) is 18.8. The van der Waals surface area contributed by atoms with Gasteiger partial charge in [0, 0.05) is 18.5 Å². The molecule has 0 bridgehead atoms. The molecule has 174 valence electrons. The van der Waals surface area contributed by atoms with Gasteiger partial charge in [0.25, 0.3) is 0 Å². The fraction of sp³-hybridized carbons (Fsp3) is 0.222. The molecule has 0 aromatic heterocycles. The molecule has 3 N–H and O–H groups in total. The first kappa shape index (κ1) is 23.0. The molecule has 0 saturated carbocycles. The minimum Gasteiger partial charge on any atom is -0.480 e.